The molecule has 0 aliphatic rings. The van der Waals surface area contributed by atoms with Gasteiger partial charge in [-0.2, -0.15) is 0 Å². The van der Waals surface area contributed by atoms with Crippen LogP contribution in [0.5, 0.6) is 0 Å². The van der Waals surface area contributed by atoms with Crippen LogP contribution in [0, 0.1) is 13.8 Å². The molecule has 1 atom stereocenters. The van der Waals surface area contributed by atoms with Gasteiger partial charge in [-0.1, -0.05) is 89.6 Å². The maximum absolute atomic E-state index is 13.4. The van der Waals surface area contributed by atoms with Crippen molar-refractivity contribution in [3.8, 4) is 5.69 Å². The molecule has 5 aromatic rings. The van der Waals surface area contributed by atoms with Crippen LogP contribution in [0.1, 0.15) is 51.4 Å². The number of aryl methyl sites for hydroxylation is 2. The molecule has 1 heterocycles. The second-order valence-electron chi connectivity index (χ2n) is 10.4. The van der Waals surface area contributed by atoms with Gasteiger partial charge in [0.25, 0.3) is 0 Å². The number of rotatable bonds is 11. The molecule has 0 saturated carbocycles. The van der Waals surface area contributed by atoms with Gasteiger partial charge >= 0.3 is 12.0 Å². The van der Waals surface area contributed by atoms with E-state index in [2.05, 4.69) is 64.2 Å². The zero-order chi connectivity index (χ0) is 30.9. The third-order valence-corrected chi connectivity index (χ3v) is 7.95. The second kappa shape index (κ2) is 14.5. The summed E-state index contributed by atoms with van der Waals surface area (Å²) >= 11 is 1.60. The summed E-state index contributed by atoms with van der Waals surface area (Å²) in [4.78, 5) is 25.4. The molecule has 8 nitrogen and oxygen atoms in total. The lowest BCUT2D eigenvalue weighted by Crippen LogP contribution is -2.35. The molecule has 0 unspecified atom stereocenters. The average molecular weight is 606 g/mol. The van der Waals surface area contributed by atoms with Crippen molar-refractivity contribution in [2.24, 2.45) is 0 Å². The number of ether oxygens (including phenoxy) is 1. The Hall–Kier alpha value is -4.89. The minimum atomic E-state index is -0.502. The molecule has 5 rings (SSSR count). The van der Waals surface area contributed by atoms with Crippen molar-refractivity contribution in [1.29, 1.82) is 0 Å². The van der Waals surface area contributed by atoms with Crippen molar-refractivity contribution >= 4 is 29.4 Å². The fraction of sp³-hybridized carbons (Fsp3) is 0.200. The van der Waals surface area contributed by atoms with E-state index in [1.165, 1.54) is 11.1 Å². The van der Waals surface area contributed by atoms with E-state index in [0.29, 0.717) is 30.1 Å². The molecule has 4 aromatic carbocycles. The van der Waals surface area contributed by atoms with Gasteiger partial charge in [0.1, 0.15) is 0 Å². The van der Waals surface area contributed by atoms with Crippen LogP contribution in [0.2, 0.25) is 0 Å². The quantitative estimate of drug-likeness (QED) is 0.120. The molecule has 0 aliphatic carbocycles. The Labute approximate surface area is 261 Å². The van der Waals surface area contributed by atoms with E-state index in [1.807, 2.05) is 54.0 Å². The summed E-state index contributed by atoms with van der Waals surface area (Å²) < 4.78 is 7.08. The number of urea groups is 1. The maximum atomic E-state index is 13.4. The summed E-state index contributed by atoms with van der Waals surface area (Å²) in [5.74, 6) is 0.945. The van der Waals surface area contributed by atoms with Crippen molar-refractivity contribution < 1.29 is 14.3 Å². The number of hydrogen-bond acceptors (Lipinski definition) is 6. The number of benzene rings is 4. The van der Waals surface area contributed by atoms with Gasteiger partial charge in [0.05, 0.1) is 18.2 Å². The van der Waals surface area contributed by atoms with Crippen LogP contribution >= 0.6 is 11.8 Å². The molecule has 0 radical (unpaired) electrons. The first-order valence-corrected chi connectivity index (χ1v) is 15.5. The Kier molecular flexibility index (Phi) is 10.1. The van der Waals surface area contributed by atoms with Gasteiger partial charge in [0, 0.05) is 23.5 Å². The van der Waals surface area contributed by atoms with Crippen molar-refractivity contribution in [2.75, 3.05) is 11.9 Å². The summed E-state index contributed by atoms with van der Waals surface area (Å²) in [5, 5.41) is 16.0. The number of carbonyl (C=O) groups is 2. The third kappa shape index (κ3) is 7.93. The molecule has 0 bridgehead atoms. The summed E-state index contributed by atoms with van der Waals surface area (Å²) in [6.07, 6.45) is 0.503. The van der Waals surface area contributed by atoms with Gasteiger partial charge in [-0.3, -0.25) is 4.57 Å². The van der Waals surface area contributed by atoms with Gasteiger partial charge in [-0.05, 0) is 68.3 Å². The minimum Gasteiger partial charge on any atom is -0.462 e. The van der Waals surface area contributed by atoms with E-state index in [9.17, 15) is 9.59 Å². The lowest BCUT2D eigenvalue weighted by atomic mass is 10.1. The van der Waals surface area contributed by atoms with Crippen molar-refractivity contribution in [3.63, 3.8) is 0 Å². The molecule has 9 heteroatoms. The van der Waals surface area contributed by atoms with Crippen molar-refractivity contribution in [1.82, 2.24) is 20.1 Å². The predicted molar refractivity (Wildman–Crippen MR) is 174 cm³/mol. The number of thioether (sulfide) groups is 1. The smallest absolute Gasteiger partial charge is 0.338 e. The molecule has 0 spiro atoms. The Morgan fingerprint density at radius 2 is 1.57 bits per heavy atom. The fourth-order valence-corrected chi connectivity index (χ4v) is 5.67. The summed E-state index contributed by atoms with van der Waals surface area (Å²) in [6, 6.07) is 32.3. The molecule has 44 heavy (non-hydrogen) atoms. The van der Waals surface area contributed by atoms with Gasteiger partial charge in [-0.15, -0.1) is 10.2 Å². The zero-order valence-corrected chi connectivity index (χ0v) is 25.8. The fourth-order valence-electron chi connectivity index (χ4n) is 4.77. The highest BCUT2D eigenvalue weighted by molar-refractivity contribution is 7.98. The second-order valence-corrected chi connectivity index (χ2v) is 11.4. The number of hydrogen-bond donors (Lipinski definition) is 2. The van der Waals surface area contributed by atoms with Gasteiger partial charge in [-0.25, -0.2) is 9.59 Å². The Balaban J connectivity index is 1.44. The van der Waals surface area contributed by atoms with Crippen LogP contribution in [0.25, 0.3) is 5.69 Å². The van der Waals surface area contributed by atoms with Crippen molar-refractivity contribution in [3.05, 3.63) is 137 Å². The van der Waals surface area contributed by atoms with Crippen LogP contribution < -0.4 is 10.6 Å². The van der Waals surface area contributed by atoms with Crippen LogP contribution in [0.4, 0.5) is 10.5 Å². The molecule has 0 aliphatic heterocycles. The third-order valence-electron chi connectivity index (χ3n) is 6.95. The first-order chi connectivity index (χ1) is 21.4. The van der Waals surface area contributed by atoms with Crippen LogP contribution in [0.15, 0.2) is 108 Å². The van der Waals surface area contributed by atoms with E-state index in [1.54, 1.807) is 43.0 Å². The van der Waals surface area contributed by atoms with E-state index in [-0.39, 0.29) is 0 Å². The van der Waals surface area contributed by atoms with E-state index < -0.39 is 18.0 Å². The SMILES string of the molecule is CCOC(=O)c1ccc(NC(=O)N[C@@H](Cc2ccccc2)c2nnc(SCc3cccc(C)c3)n2-c2ccc(C)cc2)cc1. The first kappa shape index (κ1) is 30.6. The summed E-state index contributed by atoms with van der Waals surface area (Å²) in [6.45, 7) is 6.19. The number of esters is 1. The Bertz CT molecular complexity index is 1700. The number of aromatic nitrogens is 3. The van der Waals surface area contributed by atoms with Crippen LogP contribution in [-0.4, -0.2) is 33.4 Å². The lowest BCUT2D eigenvalue weighted by molar-refractivity contribution is 0.0526. The molecule has 0 saturated heterocycles. The highest BCUT2D eigenvalue weighted by Crippen LogP contribution is 2.29. The van der Waals surface area contributed by atoms with Gasteiger partial charge in [0.2, 0.25) is 0 Å². The lowest BCUT2D eigenvalue weighted by Gasteiger charge is -2.21. The largest absolute Gasteiger partial charge is 0.462 e. The van der Waals surface area contributed by atoms with Crippen LogP contribution in [-0.2, 0) is 16.9 Å². The standard InChI is InChI=1S/C35H35N5O3S/c1-4-43-33(41)28-15-17-29(18-16-28)36-34(42)37-31(22-26-10-6-5-7-11-26)32-38-39-35(40(32)30-19-13-24(2)14-20-30)44-23-27-12-8-9-25(3)21-27/h5-21,31H,4,22-23H2,1-3H3,(H2,36,37,42)/t31-/m0/s1. The topological polar surface area (TPSA) is 98.1 Å². The van der Waals surface area contributed by atoms with Crippen molar-refractivity contribution in [2.45, 2.75) is 44.1 Å². The number of anilines is 1. The maximum Gasteiger partial charge on any atom is 0.338 e. The molecule has 2 amide bonds. The molecule has 224 valence electrons. The normalized spacial score (nSPS) is 11.5. The van der Waals surface area contributed by atoms with E-state index in [4.69, 9.17) is 4.74 Å². The molecule has 1 aromatic heterocycles. The highest BCUT2D eigenvalue weighted by Gasteiger charge is 2.25. The first-order valence-electron chi connectivity index (χ1n) is 14.5. The zero-order valence-electron chi connectivity index (χ0n) is 25.0. The number of nitrogens with one attached hydrogen (secondary N) is 2. The monoisotopic (exact) mass is 605 g/mol. The van der Waals surface area contributed by atoms with Gasteiger partial charge in [0.15, 0.2) is 11.0 Å². The highest BCUT2D eigenvalue weighted by atomic mass is 32.2. The van der Waals surface area contributed by atoms with E-state index >= 15 is 0 Å². The average Bonchev–Trinajstić information content (AvgIpc) is 3.45. The van der Waals surface area contributed by atoms with Crippen LogP contribution in [0.3, 0.4) is 0 Å². The Morgan fingerprint density at radius 1 is 0.841 bits per heavy atom. The molecular weight excluding hydrogens is 570 g/mol. The molecular formula is C35H35N5O3S. The number of amides is 2. The minimum absolute atomic E-state index is 0.295. The summed E-state index contributed by atoms with van der Waals surface area (Å²) in [5.41, 5.74) is 6.47. The number of nitrogens with zero attached hydrogens (tertiary/aromatic N) is 3. The summed E-state index contributed by atoms with van der Waals surface area (Å²) in [7, 11) is 0. The predicted octanol–water partition coefficient (Wildman–Crippen LogP) is 7.46. The Morgan fingerprint density at radius 3 is 2.27 bits per heavy atom. The van der Waals surface area contributed by atoms with E-state index in [0.717, 1.165) is 27.7 Å². The number of carbonyl (C=O) groups excluding carboxylic acids is 2. The van der Waals surface area contributed by atoms with Gasteiger partial charge < -0.3 is 15.4 Å². The molecule has 2 N–H and O–H groups in total. The molecule has 0 fully saturated rings.